The quantitative estimate of drug-likeness (QED) is 0.856. The number of nitrogens with zero attached hydrogens (tertiary/aromatic N) is 2. The van der Waals surface area contributed by atoms with Crippen LogP contribution in [0.4, 0.5) is 0 Å². The van der Waals surface area contributed by atoms with Crippen LogP contribution in [0.3, 0.4) is 0 Å². The highest BCUT2D eigenvalue weighted by atomic mass is 16.4. The van der Waals surface area contributed by atoms with Crippen LogP contribution in [0.2, 0.25) is 0 Å². The van der Waals surface area contributed by atoms with Crippen LogP contribution in [0.15, 0.2) is 18.3 Å². The molecule has 1 rings (SSSR count). The number of carbonyl (C=O) groups excluding carboxylic acids is 1. The molecule has 0 bridgehead atoms. The largest absolute Gasteiger partial charge is 0.480 e. The zero-order chi connectivity index (χ0) is 13.0. The Morgan fingerprint density at radius 3 is 2.65 bits per heavy atom. The Hall–Kier alpha value is -1.91. The minimum atomic E-state index is -0.992. The maximum absolute atomic E-state index is 12.0. The summed E-state index contributed by atoms with van der Waals surface area (Å²) in [6.07, 6.45) is 1.92. The highest BCUT2D eigenvalue weighted by molar-refractivity contribution is 5.96. The molecule has 0 aliphatic carbocycles. The van der Waals surface area contributed by atoms with Gasteiger partial charge in [0.15, 0.2) is 0 Å². The fourth-order valence-corrected chi connectivity index (χ4v) is 1.64. The van der Waals surface area contributed by atoms with E-state index >= 15 is 0 Å². The van der Waals surface area contributed by atoms with Gasteiger partial charge in [0, 0.05) is 24.5 Å². The van der Waals surface area contributed by atoms with Crippen molar-refractivity contribution >= 4 is 11.9 Å². The van der Waals surface area contributed by atoms with E-state index in [-0.39, 0.29) is 5.91 Å². The Morgan fingerprint density at radius 1 is 1.53 bits per heavy atom. The van der Waals surface area contributed by atoms with Crippen molar-refractivity contribution < 1.29 is 14.7 Å². The first-order valence-corrected chi connectivity index (χ1v) is 5.40. The predicted octanol–water partition coefficient (Wildman–Crippen LogP) is 1.33. The Bertz CT molecular complexity index is 432. The SMILES string of the molecule is CCC(C(=O)O)N(C)C(=O)c1ccnc(C)c1. The number of aryl methyl sites for hydroxylation is 1. The lowest BCUT2D eigenvalue weighted by Crippen LogP contribution is -2.42. The van der Waals surface area contributed by atoms with Crippen molar-refractivity contribution in [2.24, 2.45) is 0 Å². The summed E-state index contributed by atoms with van der Waals surface area (Å²) in [7, 11) is 1.50. The van der Waals surface area contributed by atoms with Crippen LogP contribution in [-0.4, -0.2) is 40.0 Å². The number of hydrogen-bond donors (Lipinski definition) is 1. The molecule has 17 heavy (non-hydrogen) atoms. The van der Waals surface area contributed by atoms with Crippen molar-refractivity contribution in [3.8, 4) is 0 Å². The molecule has 0 aliphatic heterocycles. The third-order valence-corrected chi connectivity index (χ3v) is 2.60. The van der Waals surface area contributed by atoms with Gasteiger partial charge in [0.05, 0.1) is 0 Å². The van der Waals surface area contributed by atoms with E-state index in [0.29, 0.717) is 12.0 Å². The normalized spacial score (nSPS) is 11.9. The van der Waals surface area contributed by atoms with Gasteiger partial charge in [-0.3, -0.25) is 9.78 Å². The molecule has 0 fully saturated rings. The summed E-state index contributed by atoms with van der Waals surface area (Å²) in [6, 6.07) is 2.43. The summed E-state index contributed by atoms with van der Waals surface area (Å²) < 4.78 is 0. The number of aromatic nitrogens is 1. The van der Waals surface area contributed by atoms with Gasteiger partial charge >= 0.3 is 5.97 Å². The first kappa shape index (κ1) is 13.2. The number of hydrogen-bond acceptors (Lipinski definition) is 3. The zero-order valence-corrected chi connectivity index (χ0v) is 10.2. The number of carboxylic acid groups (broad SMARTS) is 1. The van der Waals surface area contributed by atoms with Crippen LogP contribution in [0.5, 0.6) is 0 Å². The summed E-state index contributed by atoms with van der Waals surface area (Å²) in [5, 5.41) is 8.99. The van der Waals surface area contributed by atoms with E-state index in [1.165, 1.54) is 18.1 Å². The highest BCUT2D eigenvalue weighted by Gasteiger charge is 2.25. The summed E-state index contributed by atoms with van der Waals surface area (Å²) in [5.74, 6) is -1.29. The van der Waals surface area contributed by atoms with E-state index in [1.807, 2.05) is 0 Å². The van der Waals surface area contributed by atoms with Gasteiger partial charge in [-0.15, -0.1) is 0 Å². The smallest absolute Gasteiger partial charge is 0.326 e. The van der Waals surface area contributed by atoms with Crippen molar-refractivity contribution in [1.29, 1.82) is 0 Å². The van der Waals surface area contributed by atoms with Crippen LogP contribution in [0, 0.1) is 6.92 Å². The van der Waals surface area contributed by atoms with Crippen LogP contribution in [0.25, 0.3) is 0 Å². The van der Waals surface area contributed by atoms with Crippen LogP contribution >= 0.6 is 0 Å². The van der Waals surface area contributed by atoms with Crippen LogP contribution < -0.4 is 0 Å². The van der Waals surface area contributed by atoms with E-state index in [9.17, 15) is 9.59 Å². The molecule has 0 aliphatic rings. The second-order valence-corrected chi connectivity index (χ2v) is 3.86. The van der Waals surface area contributed by atoms with Gasteiger partial charge < -0.3 is 10.0 Å². The van der Waals surface area contributed by atoms with Crippen molar-refractivity contribution in [2.75, 3.05) is 7.05 Å². The molecule has 0 spiro atoms. The lowest BCUT2D eigenvalue weighted by molar-refractivity contribution is -0.142. The molecule has 92 valence electrons. The molecule has 5 nitrogen and oxygen atoms in total. The number of likely N-dealkylation sites (N-methyl/N-ethyl adjacent to an activating group) is 1. The highest BCUT2D eigenvalue weighted by Crippen LogP contribution is 2.09. The lowest BCUT2D eigenvalue weighted by atomic mass is 10.1. The molecule has 0 radical (unpaired) electrons. The number of aliphatic carboxylic acids is 1. The van der Waals surface area contributed by atoms with E-state index in [0.717, 1.165) is 5.69 Å². The third kappa shape index (κ3) is 3.03. The maximum Gasteiger partial charge on any atom is 0.326 e. The van der Waals surface area contributed by atoms with Gasteiger partial charge in [0.25, 0.3) is 5.91 Å². The number of rotatable bonds is 4. The van der Waals surface area contributed by atoms with Crippen molar-refractivity contribution in [2.45, 2.75) is 26.3 Å². The van der Waals surface area contributed by atoms with E-state index < -0.39 is 12.0 Å². The fourth-order valence-electron chi connectivity index (χ4n) is 1.64. The Balaban J connectivity index is 2.93. The van der Waals surface area contributed by atoms with Crippen molar-refractivity contribution in [1.82, 2.24) is 9.88 Å². The van der Waals surface area contributed by atoms with Gasteiger partial charge in [-0.05, 0) is 25.5 Å². The summed E-state index contributed by atoms with van der Waals surface area (Å²) in [5.41, 5.74) is 1.19. The van der Waals surface area contributed by atoms with E-state index in [2.05, 4.69) is 4.98 Å². The molecule has 5 heteroatoms. The van der Waals surface area contributed by atoms with E-state index in [1.54, 1.807) is 26.0 Å². The van der Waals surface area contributed by atoms with Gasteiger partial charge in [0.1, 0.15) is 6.04 Å². The minimum Gasteiger partial charge on any atom is -0.480 e. The Labute approximate surface area is 100 Å². The van der Waals surface area contributed by atoms with Gasteiger partial charge in [-0.25, -0.2) is 4.79 Å². The average molecular weight is 236 g/mol. The number of carboxylic acids is 1. The van der Waals surface area contributed by atoms with Crippen LogP contribution in [-0.2, 0) is 4.79 Å². The second kappa shape index (κ2) is 5.43. The number of carbonyl (C=O) groups is 2. The second-order valence-electron chi connectivity index (χ2n) is 3.86. The molecule has 0 saturated heterocycles. The van der Waals surface area contributed by atoms with E-state index in [4.69, 9.17) is 5.11 Å². The molecular weight excluding hydrogens is 220 g/mol. The Kier molecular flexibility index (Phi) is 4.20. The monoisotopic (exact) mass is 236 g/mol. The Morgan fingerprint density at radius 2 is 2.18 bits per heavy atom. The average Bonchev–Trinajstić information content (AvgIpc) is 2.28. The molecule has 1 aromatic rings. The molecule has 1 amide bonds. The van der Waals surface area contributed by atoms with Crippen molar-refractivity contribution in [3.05, 3.63) is 29.6 Å². The van der Waals surface area contributed by atoms with Crippen LogP contribution in [0.1, 0.15) is 29.4 Å². The van der Waals surface area contributed by atoms with Gasteiger partial charge in [-0.1, -0.05) is 6.92 Å². The minimum absolute atomic E-state index is 0.301. The predicted molar refractivity (Wildman–Crippen MR) is 62.8 cm³/mol. The standard InChI is InChI=1S/C12H16N2O3/c1-4-10(12(16)17)14(3)11(15)9-5-6-13-8(2)7-9/h5-7,10H,4H2,1-3H3,(H,16,17). The van der Waals surface area contributed by atoms with Gasteiger partial charge in [0.2, 0.25) is 0 Å². The molecule has 1 heterocycles. The molecular formula is C12H16N2O3. The first-order chi connectivity index (χ1) is 7.97. The molecule has 0 saturated carbocycles. The molecule has 1 aromatic heterocycles. The third-order valence-electron chi connectivity index (χ3n) is 2.60. The molecule has 1 N–H and O–H groups in total. The fraction of sp³-hybridized carbons (Fsp3) is 0.417. The van der Waals surface area contributed by atoms with Crippen molar-refractivity contribution in [3.63, 3.8) is 0 Å². The number of amides is 1. The molecule has 1 atom stereocenters. The molecule has 0 aromatic carbocycles. The topological polar surface area (TPSA) is 70.5 Å². The number of pyridine rings is 1. The van der Waals surface area contributed by atoms with Gasteiger partial charge in [-0.2, -0.15) is 0 Å². The first-order valence-electron chi connectivity index (χ1n) is 5.40. The lowest BCUT2D eigenvalue weighted by Gasteiger charge is -2.23. The zero-order valence-electron chi connectivity index (χ0n) is 10.2. The summed E-state index contributed by atoms with van der Waals surface area (Å²) >= 11 is 0. The summed E-state index contributed by atoms with van der Waals surface area (Å²) in [6.45, 7) is 3.52. The maximum atomic E-state index is 12.0. The molecule has 1 unspecified atom stereocenters. The summed E-state index contributed by atoms with van der Waals surface area (Å²) in [4.78, 5) is 28.2.